The summed E-state index contributed by atoms with van der Waals surface area (Å²) >= 11 is 1.48. The van der Waals surface area contributed by atoms with Gasteiger partial charge >= 0.3 is 5.97 Å². The lowest BCUT2D eigenvalue weighted by molar-refractivity contribution is -0.136. The second-order valence-corrected chi connectivity index (χ2v) is 9.30. The van der Waals surface area contributed by atoms with Crippen molar-refractivity contribution in [2.75, 3.05) is 14.2 Å². The Kier molecular flexibility index (Phi) is 6.97. The third kappa shape index (κ3) is 4.55. The Morgan fingerprint density at radius 1 is 1.26 bits per heavy atom. The number of allylic oxidation sites excluding steroid dienone is 1. The van der Waals surface area contributed by atoms with Gasteiger partial charge in [0.1, 0.15) is 5.76 Å². The van der Waals surface area contributed by atoms with Crippen molar-refractivity contribution in [1.29, 1.82) is 0 Å². The number of rotatable bonds is 7. The predicted molar refractivity (Wildman–Crippen MR) is 133 cm³/mol. The number of aliphatic imine (C=N–C) groups is 1. The highest BCUT2D eigenvalue weighted by Crippen LogP contribution is 2.46. The third-order valence-electron chi connectivity index (χ3n) is 6.08. The average Bonchev–Trinajstić information content (AvgIpc) is 3.47. The van der Waals surface area contributed by atoms with E-state index in [9.17, 15) is 9.59 Å². The number of benzene rings is 1. The van der Waals surface area contributed by atoms with Crippen molar-refractivity contribution in [3.8, 4) is 0 Å². The van der Waals surface area contributed by atoms with E-state index in [-0.39, 0.29) is 12.3 Å². The van der Waals surface area contributed by atoms with E-state index in [0.29, 0.717) is 24.2 Å². The normalized spacial score (nSPS) is 17.3. The van der Waals surface area contributed by atoms with Crippen LogP contribution < -0.4 is 0 Å². The molecule has 2 aromatic rings. The standard InChI is InChI=1S/C26H29N3O4S/c1-6-21-23(25(31)32-5)24(20-10-9-16(2)12-17(20)3)29-18(15-34-26(29)27-21)13-22(30)28(4)14-19-8-7-11-33-19/h7-12,15,24H,6,13-14H2,1-5H3/t24-/m1/s1. The van der Waals surface area contributed by atoms with Gasteiger partial charge in [-0.25, -0.2) is 9.79 Å². The van der Waals surface area contributed by atoms with Crippen molar-refractivity contribution in [1.82, 2.24) is 9.80 Å². The first-order valence-corrected chi connectivity index (χ1v) is 12.1. The van der Waals surface area contributed by atoms with Gasteiger partial charge in [-0.1, -0.05) is 42.4 Å². The SMILES string of the molecule is CCC1=C(C(=O)OC)[C@@H](c2ccc(C)cc2C)N2C(CC(=O)N(C)Cc3ccco3)=CSC2=N1. The molecule has 1 aromatic heterocycles. The molecule has 1 amide bonds. The summed E-state index contributed by atoms with van der Waals surface area (Å²) in [5, 5.41) is 2.73. The molecule has 0 unspecified atom stereocenters. The highest BCUT2D eigenvalue weighted by Gasteiger charge is 2.42. The number of carbonyl (C=O) groups excluding carboxylic acids is 2. The number of methoxy groups -OCH3 is 1. The number of amidine groups is 1. The lowest BCUT2D eigenvalue weighted by Gasteiger charge is -2.37. The van der Waals surface area contributed by atoms with E-state index in [0.717, 1.165) is 33.3 Å². The van der Waals surface area contributed by atoms with Crippen molar-refractivity contribution < 1.29 is 18.7 Å². The number of amides is 1. The molecule has 1 atom stereocenters. The van der Waals surface area contributed by atoms with E-state index >= 15 is 0 Å². The second-order valence-electron chi connectivity index (χ2n) is 8.47. The first kappa shape index (κ1) is 23.9. The molecule has 178 valence electrons. The number of carbonyl (C=O) groups is 2. The maximum Gasteiger partial charge on any atom is 0.338 e. The molecule has 2 aliphatic heterocycles. The molecular weight excluding hydrogens is 450 g/mol. The Labute approximate surface area is 204 Å². The van der Waals surface area contributed by atoms with Crippen LogP contribution in [0.2, 0.25) is 0 Å². The highest BCUT2D eigenvalue weighted by molar-refractivity contribution is 8.16. The fraction of sp³-hybridized carbons (Fsp3) is 0.346. The van der Waals surface area contributed by atoms with Crippen molar-refractivity contribution >= 4 is 28.8 Å². The van der Waals surface area contributed by atoms with Gasteiger partial charge in [0.05, 0.1) is 43.7 Å². The maximum absolute atomic E-state index is 13.1. The number of ether oxygens (including phenoxy) is 1. The van der Waals surface area contributed by atoms with E-state index < -0.39 is 12.0 Å². The van der Waals surface area contributed by atoms with Crippen LogP contribution in [0.5, 0.6) is 0 Å². The Morgan fingerprint density at radius 2 is 2.06 bits per heavy atom. The summed E-state index contributed by atoms with van der Waals surface area (Å²) in [4.78, 5) is 34.6. The van der Waals surface area contributed by atoms with Crippen LogP contribution in [0, 0.1) is 13.8 Å². The van der Waals surface area contributed by atoms with Crippen LogP contribution in [0.3, 0.4) is 0 Å². The minimum absolute atomic E-state index is 0.0474. The van der Waals surface area contributed by atoms with E-state index in [2.05, 4.69) is 12.1 Å². The van der Waals surface area contributed by atoms with Crippen LogP contribution in [0.15, 0.2) is 68.4 Å². The largest absolute Gasteiger partial charge is 0.467 e. The summed E-state index contributed by atoms with van der Waals surface area (Å²) in [6, 6.07) is 9.44. The molecule has 0 spiro atoms. The monoisotopic (exact) mass is 479 g/mol. The molecule has 0 N–H and O–H groups in total. The van der Waals surface area contributed by atoms with Crippen molar-refractivity contribution in [2.24, 2.45) is 4.99 Å². The molecule has 0 aliphatic carbocycles. The quantitative estimate of drug-likeness (QED) is 0.516. The van der Waals surface area contributed by atoms with Gasteiger partial charge in [-0.05, 0) is 48.9 Å². The topological polar surface area (TPSA) is 75.3 Å². The molecule has 0 bridgehead atoms. The lowest BCUT2D eigenvalue weighted by Crippen LogP contribution is -2.38. The van der Waals surface area contributed by atoms with Crippen LogP contribution >= 0.6 is 11.8 Å². The molecule has 0 saturated carbocycles. The summed E-state index contributed by atoms with van der Waals surface area (Å²) in [6.07, 6.45) is 2.38. The number of esters is 1. The van der Waals surface area contributed by atoms with Crippen molar-refractivity contribution in [3.05, 3.63) is 81.4 Å². The summed E-state index contributed by atoms with van der Waals surface area (Å²) in [5.41, 5.74) is 5.25. The van der Waals surface area contributed by atoms with Gasteiger partial charge in [0.25, 0.3) is 0 Å². The van der Waals surface area contributed by atoms with Gasteiger partial charge < -0.3 is 19.0 Å². The van der Waals surface area contributed by atoms with Crippen LogP contribution in [-0.4, -0.2) is 41.0 Å². The molecule has 34 heavy (non-hydrogen) atoms. The smallest absolute Gasteiger partial charge is 0.338 e. The average molecular weight is 480 g/mol. The number of nitrogens with zero attached hydrogens (tertiary/aromatic N) is 3. The molecule has 1 aromatic carbocycles. The number of aryl methyl sites for hydroxylation is 2. The van der Waals surface area contributed by atoms with E-state index in [1.54, 1.807) is 24.3 Å². The fourth-order valence-corrected chi connectivity index (χ4v) is 5.29. The van der Waals surface area contributed by atoms with Gasteiger partial charge in [-0.2, -0.15) is 0 Å². The van der Waals surface area contributed by atoms with Crippen molar-refractivity contribution in [2.45, 2.75) is 46.2 Å². The lowest BCUT2D eigenvalue weighted by atomic mass is 9.89. The summed E-state index contributed by atoms with van der Waals surface area (Å²) in [7, 11) is 3.15. The zero-order valence-electron chi connectivity index (χ0n) is 20.1. The minimum atomic E-state index is -0.417. The number of fused-ring (bicyclic) bond motifs is 1. The first-order valence-electron chi connectivity index (χ1n) is 11.2. The van der Waals surface area contributed by atoms with Gasteiger partial charge in [0.15, 0.2) is 5.17 Å². The van der Waals surface area contributed by atoms with Gasteiger partial charge in [-0.15, -0.1) is 0 Å². The third-order valence-corrected chi connectivity index (χ3v) is 6.97. The number of thioether (sulfide) groups is 1. The number of hydrogen-bond acceptors (Lipinski definition) is 7. The van der Waals surface area contributed by atoms with Crippen LogP contribution in [0.1, 0.15) is 48.3 Å². The maximum atomic E-state index is 13.1. The molecule has 4 rings (SSSR count). The van der Waals surface area contributed by atoms with Crippen LogP contribution in [0.4, 0.5) is 0 Å². The Morgan fingerprint density at radius 3 is 2.71 bits per heavy atom. The summed E-state index contributed by atoms with van der Waals surface area (Å²) in [6.45, 7) is 6.46. The minimum Gasteiger partial charge on any atom is -0.467 e. The van der Waals surface area contributed by atoms with E-state index in [1.807, 2.05) is 43.2 Å². The van der Waals surface area contributed by atoms with Gasteiger partial charge in [-0.3, -0.25) is 4.79 Å². The molecule has 8 heteroatoms. The number of furan rings is 1. The Balaban J connectivity index is 1.70. The first-order chi connectivity index (χ1) is 16.3. The summed E-state index contributed by atoms with van der Waals surface area (Å²) < 4.78 is 10.6. The fourth-order valence-electron chi connectivity index (χ4n) is 4.35. The summed E-state index contributed by atoms with van der Waals surface area (Å²) in [5.74, 6) is 0.276. The molecule has 0 saturated heterocycles. The Hall–Kier alpha value is -3.26. The van der Waals surface area contributed by atoms with Gasteiger partial charge in [0.2, 0.25) is 5.91 Å². The molecular formula is C26H29N3O4S. The molecule has 2 aliphatic rings. The molecule has 0 fully saturated rings. The van der Waals surface area contributed by atoms with Crippen LogP contribution in [0.25, 0.3) is 0 Å². The van der Waals surface area contributed by atoms with Crippen LogP contribution in [-0.2, 0) is 20.9 Å². The number of hydrogen-bond donors (Lipinski definition) is 0. The molecule has 0 radical (unpaired) electrons. The zero-order valence-corrected chi connectivity index (χ0v) is 20.9. The van der Waals surface area contributed by atoms with Crippen molar-refractivity contribution in [3.63, 3.8) is 0 Å². The second kappa shape index (κ2) is 9.93. The highest BCUT2D eigenvalue weighted by atomic mass is 32.2. The van der Waals surface area contributed by atoms with E-state index in [1.165, 1.54) is 18.9 Å². The van der Waals surface area contributed by atoms with Gasteiger partial charge in [0, 0.05) is 12.7 Å². The Bertz CT molecular complexity index is 1200. The molecule has 3 heterocycles. The van der Waals surface area contributed by atoms with E-state index in [4.69, 9.17) is 14.1 Å². The molecule has 7 nitrogen and oxygen atoms in total. The predicted octanol–water partition coefficient (Wildman–Crippen LogP) is 5.08. The zero-order chi connectivity index (χ0) is 24.4.